The summed E-state index contributed by atoms with van der Waals surface area (Å²) in [4.78, 5) is 0. The Morgan fingerprint density at radius 2 is 2.10 bits per heavy atom. The van der Waals surface area contributed by atoms with Crippen molar-refractivity contribution in [3.05, 3.63) is 72.3 Å². The maximum absolute atomic E-state index is 6.00. The second-order valence-corrected chi connectivity index (χ2v) is 8.66. The molecule has 0 aliphatic heterocycles. The van der Waals surface area contributed by atoms with Gasteiger partial charge in [-0.15, -0.1) is 0 Å². The largest absolute Gasteiger partial charge is 0.462 e. The Morgan fingerprint density at radius 3 is 2.79 bits per heavy atom. The normalized spacial score (nSPS) is 24.0. The standard InChI is InChI=1S/C27H40O2/c1-6-21(2)19-27(28-5)20-23(4)29-26-14-10-13-25(15-16-26)18-22(3)17-24-11-8-7-9-12-24/h8,10-11,13-16,19,22,24-25,27H,4,6-7,9,12,17-18,20H2,1-3,5H3. The van der Waals surface area contributed by atoms with Crippen molar-refractivity contribution in [2.75, 3.05) is 7.11 Å². The van der Waals surface area contributed by atoms with Crippen LogP contribution in [0.2, 0.25) is 0 Å². The molecule has 2 aliphatic rings. The molecule has 0 saturated heterocycles. The Morgan fingerprint density at radius 1 is 1.28 bits per heavy atom. The van der Waals surface area contributed by atoms with Crippen molar-refractivity contribution < 1.29 is 9.47 Å². The predicted octanol–water partition coefficient (Wildman–Crippen LogP) is 7.68. The molecule has 0 radical (unpaired) electrons. The smallest absolute Gasteiger partial charge is 0.126 e. The molecule has 0 aromatic heterocycles. The fraction of sp³-hybridized carbons (Fsp3) is 0.556. The van der Waals surface area contributed by atoms with Crippen LogP contribution >= 0.6 is 0 Å². The van der Waals surface area contributed by atoms with Gasteiger partial charge in [0.1, 0.15) is 5.76 Å². The maximum Gasteiger partial charge on any atom is 0.126 e. The van der Waals surface area contributed by atoms with E-state index in [2.05, 4.69) is 69.9 Å². The summed E-state index contributed by atoms with van der Waals surface area (Å²) in [5, 5.41) is 0. The highest BCUT2D eigenvalue weighted by Gasteiger charge is 2.16. The van der Waals surface area contributed by atoms with Gasteiger partial charge in [0.05, 0.1) is 11.9 Å². The molecule has 0 bridgehead atoms. The predicted molar refractivity (Wildman–Crippen MR) is 124 cm³/mol. The molecule has 0 spiro atoms. The molecule has 160 valence electrons. The van der Waals surface area contributed by atoms with E-state index in [9.17, 15) is 0 Å². The number of hydrogen-bond acceptors (Lipinski definition) is 2. The summed E-state index contributed by atoms with van der Waals surface area (Å²) in [7, 11) is 1.74. The van der Waals surface area contributed by atoms with Gasteiger partial charge < -0.3 is 9.47 Å². The summed E-state index contributed by atoms with van der Waals surface area (Å²) in [6.07, 6.45) is 25.9. The highest BCUT2D eigenvalue weighted by molar-refractivity contribution is 5.26. The fourth-order valence-corrected chi connectivity index (χ4v) is 4.09. The maximum atomic E-state index is 6.00. The number of methoxy groups -OCH3 is 1. The van der Waals surface area contributed by atoms with E-state index in [4.69, 9.17) is 9.47 Å². The summed E-state index contributed by atoms with van der Waals surface area (Å²) in [5.41, 5.74) is 1.32. The van der Waals surface area contributed by atoms with Crippen LogP contribution in [-0.2, 0) is 9.47 Å². The lowest BCUT2D eigenvalue weighted by molar-refractivity contribution is 0.126. The molecule has 0 aromatic carbocycles. The Bertz CT molecular complexity index is 662. The minimum Gasteiger partial charge on any atom is -0.462 e. The van der Waals surface area contributed by atoms with Crippen LogP contribution in [0.5, 0.6) is 0 Å². The van der Waals surface area contributed by atoms with Crippen LogP contribution in [-0.4, -0.2) is 13.2 Å². The van der Waals surface area contributed by atoms with E-state index in [1.54, 1.807) is 7.11 Å². The van der Waals surface area contributed by atoms with Gasteiger partial charge in [0.15, 0.2) is 0 Å². The monoisotopic (exact) mass is 396 g/mol. The summed E-state index contributed by atoms with van der Waals surface area (Å²) in [5.74, 6) is 3.54. The van der Waals surface area contributed by atoms with E-state index < -0.39 is 0 Å². The van der Waals surface area contributed by atoms with Crippen LogP contribution in [0.3, 0.4) is 0 Å². The number of hydrogen-bond donors (Lipinski definition) is 0. The molecule has 2 rings (SSSR count). The Labute approximate surface area is 178 Å². The van der Waals surface area contributed by atoms with Gasteiger partial charge in [-0.3, -0.25) is 0 Å². The van der Waals surface area contributed by atoms with Crippen molar-refractivity contribution >= 4 is 0 Å². The third-order valence-electron chi connectivity index (χ3n) is 5.88. The summed E-state index contributed by atoms with van der Waals surface area (Å²) < 4.78 is 11.6. The zero-order chi connectivity index (χ0) is 21.1. The first-order valence-corrected chi connectivity index (χ1v) is 11.3. The van der Waals surface area contributed by atoms with E-state index in [1.807, 2.05) is 6.08 Å². The van der Waals surface area contributed by atoms with Gasteiger partial charge in [-0.1, -0.05) is 62.5 Å². The van der Waals surface area contributed by atoms with E-state index in [1.165, 1.54) is 37.7 Å². The van der Waals surface area contributed by atoms with Crippen LogP contribution in [0.1, 0.15) is 65.7 Å². The minimum absolute atomic E-state index is 0.00999. The van der Waals surface area contributed by atoms with Crippen LogP contribution < -0.4 is 0 Å². The molecule has 2 nitrogen and oxygen atoms in total. The molecule has 0 aromatic rings. The molecule has 0 saturated carbocycles. The number of ether oxygens (including phenoxy) is 2. The average molecular weight is 397 g/mol. The number of allylic oxidation sites excluding steroid dienone is 8. The summed E-state index contributed by atoms with van der Waals surface area (Å²) in [6.45, 7) is 10.8. The van der Waals surface area contributed by atoms with Gasteiger partial charge in [0, 0.05) is 13.5 Å². The summed E-state index contributed by atoms with van der Waals surface area (Å²) >= 11 is 0. The molecular weight excluding hydrogens is 356 g/mol. The number of rotatable bonds is 11. The van der Waals surface area contributed by atoms with Crippen LogP contribution in [0.4, 0.5) is 0 Å². The second-order valence-electron chi connectivity index (χ2n) is 8.66. The SMILES string of the molecule is C=C(CC(C=C(C)CC)OC)OC1=CC=CC(CC(C)CC2C=CCCC2)C=C1. The van der Waals surface area contributed by atoms with Gasteiger partial charge in [-0.25, -0.2) is 0 Å². The van der Waals surface area contributed by atoms with Crippen LogP contribution in [0.25, 0.3) is 0 Å². The molecule has 0 N–H and O–H groups in total. The average Bonchev–Trinajstić information content (AvgIpc) is 2.92. The van der Waals surface area contributed by atoms with Gasteiger partial charge in [-0.05, 0) is 75.4 Å². The van der Waals surface area contributed by atoms with Crippen molar-refractivity contribution in [1.82, 2.24) is 0 Å². The van der Waals surface area contributed by atoms with Crippen LogP contribution in [0.15, 0.2) is 72.3 Å². The Balaban J connectivity index is 1.81. The Kier molecular flexibility index (Phi) is 10.3. The van der Waals surface area contributed by atoms with Crippen molar-refractivity contribution in [2.24, 2.45) is 17.8 Å². The third kappa shape index (κ3) is 9.04. The third-order valence-corrected chi connectivity index (χ3v) is 5.88. The van der Waals surface area contributed by atoms with E-state index in [0.717, 1.165) is 29.8 Å². The zero-order valence-corrected chi connectivity index (χ0v) is 18.9. The first kappa shape index (κ1) is 23.5. The molecule has 4 unspecified atom stereocenters. The van der Waals surface area contributed by atoms with E-state index >= 15 is 0 Å². The molecule has 29 heavy (non-hydrogen) atoms. The first-order chi connectivity index (χ1) is 14.0. The lowest BCUT2D eigenvalue weighted by Gasteiger charge is -2.22. The van der Waals surface area contributed by atoms with Crippen LogP contribution in [0, 0.1) is 17.8 Å². The van der Waals surface area contributed by atoms with E-state index in [-0.39, 0.29) is 6.10 Å². The molecule has 0 amide bonds. The van der Waals surface area contributed by atoms with Gasteiger partial charge in [0.2, 0.25) is 0 Å². The lowest BCUT2D eigenvalue weighted by atomic mass is 9.84. The fourth-order valence-electron chi connectivity index (χ4n) is 4.09. The highest BCUT2D eigenvalue weighted by Crippen LogP contribution is 2.29. The lowest BCUT2D eigenvalue weighted by Crippen LogP contribution is -2.10. The molecule has 0 fully saturated rings. The topological polar surface area (TPSA) is 18.5 Å². The van der Waals surface area contributed by atoms with Gasteiger partial charge in [0.25, 0.3) is 0 Å². The van der Waals surface area contributed by atoms with Crippen molar-refractivity contribution in [3.63, 3.8) is 0 Å². The molecule has 2 aliphatic carbocycles. The van der Waals surface area contributed by atoms with E-state index in [0.29, 0.717) is 12.3 Å². The van der Waals surface area contributed by atoms with Gasteiger partial charge >= 0.3 is 0 Å². The first-order valence-electron chi connectivity index (χ1n) is 11.3. The Hall–Kier alpha value is -1.80. The molecule has 4 atom stereocenters. The minimum atomic E-state index is 0.00999. The summed E-state index contributed by atoms with van der Waals surface area (Å²) in [6, 6.07) is 0. The van der Waals surface area contributed by atoms with Crippen molar-refractivity contribution in [1.29, 1.82) is 0 Å². The van der Waals surface area contributed by atoms with Crippen molar-refractivity contribution in [3.8, 4) is 0 Å². The molecule has 0 heterocycles. The highest BCUT2D eigenvalue weighted by atomic mass is 16.5. The van der Waals surface area contributed by atoms with Crippen molar-refractivity contribution in [2.45, 2.75) is 71.8 Å². The zero-order valence-electron chi connectivity index (χ0n) is 18.9. The quantitative estimate of drug-likeness (QED) is 0.263. The molecule has 2 heteroatoms. The van der Waals surface area contributed by atoms with Gasteiger partial charge in [-0.2, -0.15) is 0 Å². The molecular formula is C27H40O2. The second kappa shape index (κ2) is 12.7.